The number of rotatable bonds is 5. The van der Waals surface area contributed by atoms with Crippen LogP contribution in [0, 0.1) is 0 Å². The highest BCUT2D eigenvalue weighted by Crippen LogP contribution is 2.21. The lowest BCUT2D eigenvalue weighted by Gasteiger charge is -2.16. The Balaban J connectivity index is 2.69. The molecule has 0 aliphatic rings. The van der Waals surface area contributed by atoms with Crippen molar-refractivity contribution in [3.05, 3.63) is 10.7 Å². The molecule has 0 bridgehead atoms. The molecule has 0 radical (unpaired) electrons. The van der Waals surface area contributed by atoms with E-state index in [0.717, 1.165) is 0 Å². The van der Waals surface area contributed by atoms with Crippen LogP contribution in [0.25, 0.3) is 0 Å². The molecule has 0 spiro atoms. The summed E-state index contributed by atoms with van der Waals surface area (Å²) in [7, 11) is 1.52. The van der Waals surface area contributed by atoms with E-state index in [1.54, 1.807) is 13.1 Å². The number of anilines is 1. The second-order valence-corrected chi connectivity index (χ2v) is 4.93. The van der Waals surface area contributed by atoms with Gasteiger partial charge < -0.3 is 15.4 Å². The highest BCUT2D eigenvalue weighted by atomic mass is 79.9. The van der Waals surface area contributed by atoms with Crippen LogP contribution in [0.2, 0.25) is 0 Å². The van der Waals surface area contributed by atoms with Gasteiger partial charge in [0, 0.05) is 6.04 Å². The molecule has 1 atom stereocenters. The SMILES string of the molecule is COc1nc(NC(C)C(=O)NC(C)C)ncc1Br. The lowest BCUT2D eigenvalue weighted by atomic mass is 10.3. The van der Waals surface area contributed by atoms with Crippen LogP contribution in [0.3, 0.4) is 0 Å². The maximum atomic E-state index is 11.7. The van der Waals surface area contributed by atoms with E-state index in [9.17, 15) is 4.79 Å². The summed E-state index contributed by atoms with van der Waals surface area (Å²) in [6.45, 7) is 5.56. The molecule has 6 nitrogen and oxygen atoms in total. The fraction of sp³-hybridized carbons (Fsp3) is 0.545. The average molecular weight is 317 g/mol. The van der Waals surface area contributed by atoms with Crippen molar-refractivity contribution in [1.29, 1.82) is 0 Å². The normalized spacial score (nSPS) is 12.1. The van der Waals surface area contributed by atoms with Gasteiger partial charge in [-0.25, -0.2) is 4.98 Å². The van der Waals surface area contributed by atoms with Crippen molar-refractivity contribution in [3.8, 4) is 5.88 Å². The molecule has 7 heteroatoms. The van der Waals surface area contributed by atoms with Crippen LogP contribution in [0.1, 0.15) is 20.8 Å². The highest BCUT2D eigenvalue weighted by Gasteiger charge is 2.15. The van der Waals surface area contributed by atoms with Gasteiger partial charge in [0.2, 0.25) is 17.7 Å². The maximum Gasteiger partial charge on any atom is 0.242 e. The maximum absolute atomic E-state index is 11.7. The quantitative estimate of drug-likeness (QED) is 0.862. The van der Waals surface area contributed by atoms with Crippen LogP contribution in [-0.4, -0.2) is 35.1 Å². The number of carbonyl (C=O) groups excluding carboxylic acids is 1. The molecule has 1 unspecified atom stereocenters. The van der Waals surface area contributed by atoms with Crippen molar-refractivity contribution in [2.24, 2.45) is 0 Å². The van der Waals surface area contributed by atoms with Crippen LogP contribution in [-0.2, 0) is 4.79 Å². The van der Waals surface area contributed by atoms with E-state index in [1.165, 1.54) is 7.11 Å². The molecule has 0 aliphatic carbocycles. The molecule has 0 aliphatic heterocycles. The Hall–Kier alpha value is -1.37. The second-order valence-electron chi connectivity index (χ2n) is 4.08. The van der Waals surface area contributed by atoms with Gasteiger partial charge >= 0.3 is 0 Å². The third-order valence-electron chi connectivity index (χ3n) is 2.08. The molecule has 1 aromatic heterocycles. The number of nitrogens with one attached hydrogen (secondary N) is 2. The number of hydrogen-bond acceptors (Lipinski definition) is 5. The molecule has 1 amide bonds. The summed E-state index contributed by atoms with van der Waals surface area (Å²) in [5, 5.41) is 5.72. The van der Waals surface area contributed by atoms with E-state index in [-0.39, 0.29) is 11.9 Å². The standard InChI is InChI=1S/C11H17BrN4O2/c1-6(2)14-9(17)7(3)15-11-13-5-8(12)10(16-11)18-4/h5-7H,1-4H3,(H,14,17)(H,13,15,16). The van der Waals surface area contributed by atoms with Gasteiger partial charge in [0.25, 0.3) is 0 Å². The lowest BCUT2D eigenvalue weighted by molar-refractivity contribution is -0.122. The summed E-state index contributed by atoms with van der Waals surface area (Å²) < 4.78 is 5.72. The van der Waals surface area contributed by atoms with Crippen molar-refractivity contribution in [2.45, 2.75) is 32.9 Å². The fourth-order valence-corrected chi connectivity index (χ4v) is 1.59. The Morgan fingerprint density at radius 2 is 2.11 bits per heavy atom. The number of methoxy groups -OCH3 is 1. The van der Waals surface area contributed by atoms with Crippen molar-refractivity contribution in [2.75, 3.05) is 12.4 Å². The molecule has 0 fully saturated rings. The van der Waals surface area contributed by atoms with E-state index in [1.807, 2.05) is 13.8 Å². The molecule has 0 aromatic carbocycles. The predicted octanol–water partition coefficient (Wildman–Crippen LogP) is 1.57. The fourth-order valence-electron chi connectivity index (χ4n) is 1.23. The Morgan fingerprint density at radius 1 is 1.44 bits per heavy atom. The van der Waals surface area contributed by atoms with Crippen LogP contribution in [0.5, 0.6) is 5.88 Å². The van der Waals surface area contributed by atoms with E-state index in [4.69, 9.17) is 4.74 Å². The minimum absolute atomic E-state index is 0.0992. The zero-order valence-corrected chi connectivity index (χ0v) is 12.4. The minimum Gasteiger partial charge on any atom is -0.480 e. The van der Waals surface area contributed by atoms with Crippen LogP contribution >= 0.6 is 15.9 Å². The number of aromatic nitrogens is 2. The molecule has 0 saturated heterocycles. The number of carbonyl (C=O) groups is 1. The van der Waals surface area contributed by atoms with Gasteiger partial charge in [-0.1, -0.05) is 0 Å². The van der Waals surface area contributed by atoms with Gasteiger partial charge in [-0.2, -0.15) is 4.98 Å². The van der Waals surface area contributed by atoms with Crippen molar-refractivity contribution in [1.82, 2.24) is 15.3 Å². The number of ether oxygens (including phenoxy) is 1. The number of hydrogen-bond donors (Lipinski definition) is 2. The minimum atomic E-state index is -0.418. The summed E-state index contributed by atoms with van der Waals surface area (Å²) >= 11 is 3.26. The summed E-state index contributed by atoms with van der Waals surface area (Å²) in [6.07, 6.45) is 1.57. The molecular weight excluding hydrogens is 300 g/mol. The first kappa shape index (κ1) is 14.7. The Labute approximate surface area is 115 Å². The van der Waals surface area contributed by atoms with Gasteiger partial charge in [0.05, 0.1) is 17.8 Å². The topological polar surface area (TPSA) is 76.1 Å². The number of amides is 1. The Kier molecular flexibility index (Phi) is 5.33. The van der Waals surface area contributed by atoms with Crippen LogP contribution < -0.4 is 15.4 Å². The monoisotopic (exact) mass is 316 g/mol. The van der Waals surface area contributed by atoms with E-state index in [2.05, 4.69) is 36.5 Å². The molecule has 18 heavy (non-hydrogen) atoms. The smallest absolute Gasteiger partial charge is 0.242 e. The number of halogens is 1. The molecule has 100 valence electrons. The van der Waals surface area contributed by atoms with Gasteiger partial charge in [-0.05, 0) is 36.7 Å². The first-order valence-corrected chi connectivity index (χ1v) is 6.36. The third kappa shape index (κ3) is 4.14. The van der Waals surface area contributed by atoms with Gasteiger partial charge in [0.1, 0.15) is 6.04 Å². The Bertz CT molecular complexity index is 426. The average Bonchev–Trinajstić information content (AvgIpc) is 2.30. The van der Waals surface area contributed by atoms with E-state index in [0.29, 0.717) is 16.3 Å². The first-order valence-electron chi connectivity index (χ1n) is 5.57. The van der Waals surface area contributed by atoms with Crippen molar-refractivity contribution < 1.29 is 9.53 Å². The van der Waals surface area contributed by atoms with Crippen molar-refractivity contribution >= 4 is 27.8 Å². The summed E-state index contributed by atoms with van der Waals surface area (Å²) in [5.74, 6) is 0.668. The van der Waals surface area contributed by atoms with Crippen molar-refractivity contribution in [3.63, 3.8) is 0 Å². The first-order chi connectivity index (χ1) is 8.43. The zero-order valence-electron chi connectivity index (χ0n) is 10.8. The summed E-state index contributed by atoms with van der Waals surface area (Å²) in [5.41, 5.74) is 0. The molecule has 0 saturated carbocycles. The van der Waals surface area contributed by atoms with Crippen LogP contribution in [0.4, 0.5) is 5.95 Å². The Morgan fingerprint density at radius 3 is 2.67 bits per heavy atom. The lowest BCUT2D eigenvalue weighted by Crippen LogP contribution is -2.41. The highest BCUT2D eigenvalue weighted by molar-refractivity contribution is 9.10. The van der Waals surface area contributed by atoms with Gasteiger partial charge in [0.15, 0.2) is 0 Å². The zero-order chi connectivity index (χ0) is 13.7. The van der Waals surface area contributed by atoms with Crippen LogP contribution in [0.15, 0.2) is 10.7 Å². The van der Waals surface area contributed by atoms with Gasteiger partial charge in [-0.3, -0.25) is 4.79 Å². The summed E-state index contributed by atoms with van der Waals surface area (Å²) in [6, 6.07) is -0.319. The predicted molar refractivity (Wildman–Crippen MR) is 72.6 cm³/mol. The molecule has 1 heterocycles. The largest absolute Gasteiger partial charge is 0.480 e. The second kappa shape index (κ2) is 6.53. The summed E-state index contributed by atoms with van der Waals surface area (Å²) in [4.78, 5) is 19.9. The molecule has 2 N–H and O–H groups in total. The van der Waals surface area contributed by atoms with E-state index >= 15 is 0 Å². The van der Waals surface area contributed by atoms with E-state index < -0.39 is 6.04 Å². The third-order valence-corrected chi connectivity index (χ3v) is 2.62. The van der Waals surface area contributed by atoms with Gasteiger partial charge in [-0.15, -0.1) is 0 Å². The molecule has 1 aromatic rings. The molecular formula is C11H17BrN4O2. The number of nitrogens with zero attached hydrogens (tertiary/aromatic N) is 2. The molecule has 1 rings (SSSR count).